The van der Waals surface area contributed by atoms with Crippen molar-refractivity contribution in [2.24, 2.45) is 5.41 Å². The molecule has 1 saturated heterocycles. The second-order valence-electron chi connectivity index (χ2n) is 8.21. The van der Waals surface area contributed by atoms with Crippen LogP contribution in [0.5, 0.6) is 0 Å². The van der Waals surface area contributed by atoms with E-state index >= 15 is 0 Å². The molecule has 1 fully saturated rings. The number of halogens is 1. The Balaban J connectivity index is 1.87. The van der Waals surface area contributed by atoms with Crippen LogP contribution in [0.15, 0.2) is 54.6 Å². The maximum absolute atomic E-state index is 13.9. The third-order valence-electron chi connectivity index (χ3n) is 5.80. The first-order valence-corrected chi connectivity index (χ1v) is 10.3. The van der Waals surface area contributed by atoms with Gasteiger partial charge in [0, 0.05) is 6.04 Å². The highest BCUT2D eigenvalue weighted by Gasteiger charge is 2.49. The van der Waals surface area contributed by atoms with Gasteiger partial charge in [0.1, 0.15) is 18.7 Å². The molecule has 2 aromatic carbocycles. The van der Waals surface area contributed by atoms with E-state index in [-0.39, 0.29) is 24.9 Å². The fraction of sp³-hybridized carbons (Fsp3) is 0.375. The molecule has 7 heteroatoms. The molecule has 164 valence electrons. The van der Waals surface area contributed by atoms with Gasteiger partial charge in [-0.15, -0.1) is 0 Å². The highest BCUT2D eigenvalue weighted by atomic mass is 19.1. The standard InChI is InChI=1S/C24H27FN2O4/c1-24(2,22(29)26-13-14-28)21-12-11-20(18-9-6-10-19(25)15-18)27(21)23(30)31-16-17-7-4-3-5-8-17/h3-10,14-15,20-21H,11-13,16H2,1-2H3,(H,26,29)/t20-,21+/m0/s1. The van der Waals surface area contributed by atoms with E-state index in [0.717, 1.165) is 5.56 Å². The Hall–Kier alpha value is -3.22. The number of nitrogens with one attached hydrogen (secondary N) is 1. The molecule has 1 aliphatic rings. The van der Waals surface area contributed by atoms with Crippen LogP contribution in [0.2, 0.25) is 0 Å². The highest BCUT2D eigenvalue weighted by molar-refractivity contribution is 5.85. The van der Waals surface area contributed by atoms with Crippen molar-refractivity contribution in [2.45, 2.75) is 45.4 Å². The second-order valence-corrected chi connectivity index (χ2v) is 8.21. The minimum atomic E-state index is -0.975. The molecule has 0 bridgehead atoms. The zero-order valence-corrected chi connectivity index (χ0v) is 17.7. The van der Waals surface area contributed by atoms with Crippen molar-refractivity contribution in [1.82, 2.24) is 10.2 Å². The molecule has 0 aromatic heterocycles. The average Bonchev–Trinajstić information content (AvgIpc) is 3.22. The Morgan fingerprint density at radius 1 is 1.16 bits per heavy atom. The lowest BCUT2D eigenvalue weighted by atomic mass is 9.82. The molecule has 1 N–H and O–H groups in total. The number of aldehydes is 1. The molecule has 2 aromatic rings. The van der Waals surface area contributed by atoms with Gasteiger partial charge in [-0.25, -0.2) is 9.18 Å². The molecule has 31 heavy (non-hydrogen) atoms. The normalized spacial score (nSPS) is 18.5. The smallest absolute Gasteiger partial charge is 0.410 e. The van der Waals surface area contributed by atoms with Crippen LogP contribution in [-0.4, -0.2) is 35.8 Å². The summed E-state index contributed by atoms with van der Waals surface area (Å²) in [6.07, 6.45) is 1.17. The Labute approximate surface area is 181 Å². The lowest BCUT2D eigenvalue weighted by molar-refractivity contribution is -0.133. The van der Waals surface area contributed by atoms with Gasteiger partial charge in [0.15, 0.2) is 0 Å². The van der Waals surface area contributed by atoms with E-state index in [0.29, 0.717) is 24.7 Å². The Kier molecular flexibility index (Phi) is 7.05. The molecule has 0 unspecified atom stereocenters. The van der Waals surface area contributed by atoms with Crippen molar-refractivity contribution >= 4 is 18.3 Å². The van der Waals surface area contributed by atoms with Crippen LogP contribution in [0.4, 0.5) is 9.18 Å². The lowest BCUT2D eigenvalue weighted by Gasteiger charge is -2.38. The minimum absolute atomic E-state index is 0.0938. The summed E-state index contributed by atoms with van der Waals surface area (Å²) in [5.74, 6) is -0.716. The van der Waals surface area contributed by atoms with Gasteiger partial charge in [-0.3, -0.25) is 9.69 Å². The molecule has 0 saturated carbocycles. The number of ether oxygens (including phenoxy) is 1. The van der Waals surface area contributed by atoms with Crippen LogP contribution in [0.3, 0.4) is 0 Å². The first-order chi connectivity index (χ1) is 14.8. The Morgan fingerprint density at radius 2 is 1.90 bits per heavy atom. The maximum atomic E-state index is 13.9. The zero-order chi connectivity index (χ0) is 22.4. The zero-order valence-electron chi connectivity index (χ0n) is 17.7. The van der Waals surface area contributed by atoms with E-state index in [1.54, 1.807) is 30.9 Å². The first kappa shape index (κ1) is 22.5. The van der Waals surface area contributed by atoms with Crippen molar-refractivity contribution in [3.05, 3.63) is 71.5 Å². The van der Waals surface area contributed by atoms with Gasteiger partial charge >= 0.3 is 6.09 Å². The van der Waals surface area contributed by atoms with E-state index in [2.05, 4.69) is 5.32 Å². The molecule has 2 atom stereocenters. The number of nitrogens with zero attached hydrogens (tertiary/aromatic N) is 1. The number of benzene rings is 2. The monoisotopic (exact) mass is 426 g/mol. The predicted octanol–water partition coefficient (Wildman–Crippen LogP) is 4.01. The summed E-state index contributed by atoms with van der Waals surface area (Å²) in [4.78, 5) is 38.2. The summed E-state index contributed by atoms with van der Waals surface area (Å²) in [6.45, 7) is 3.48. The first-order valence-electron chi connectivity index (χ1n) is 10.3. The molecule has 3 rings (SSSR count). The third kappa shape index (κ3) is 5.10. The van der Waals surface area contributed by atoms with Crippen molar-refractivity contribution in [2.75, 3.05) is 6.54 Å². The largest absolute Gasteiger partial charge is 0.445 e. The fourth-order valence-electron chi connectivity index (χ4n) is 4.12. The number of carbonyl (C=O) groups excluding carboxylic acids is 3. The number of hydrogen-bond donors (Lipinski definition) is 1. The van der Waals surface area contributed by atoms with E-state index in [1.165, 1.54) is 12.1 Å². The molecule has 0 spiro atoms. The topological polar surface area (TPSA) is 75.7 Å². The molecular formula is C24H27FN2O4. The average molecular weight is 426 g/mol. The number of carbonyl (C=O) groups is 3. The van der Waals surface area contributed by atoms with E-state index in [1.807, 2.05) is 30.3 Å². The van der Waals surface area contributed by atoms with Crippen LogP contribution in [-0.2, 0) is 20.9 Å². The molecule has 6 nitrogen and oxygen atoms in total. The van der Waals surface area contributed by atoms with Crippen molar-refractivity contribution < 1.29 is 23.5 Å². The molecule has 2 amide bonds. The summed E-state index contributed by atoms with van der Waals surface area (Å²) in [5, 5.41) is 2.58. The third-order valence-corrected chi connectivity index (χ3v) is 5.80. The second kappa shape index (κ2) is 9.73. The summed E-state index contributed by atoms with van der Waals surface area (Å²) in [7, 11) is 0. The summed E-state index contributed by atoms with van der Waals surface area (Å²) in [5.41, 5.74) is 0.525. The van der Waals surface area contributed by atoms with E-state index < -0.39 is 23.6 Å². The SMILES string of the molecule is CC(C)(C(=O)NCC=O)[C@H]1CC[C@@H](c2cccc(F)c2)N1C(=O)OCc1ccccc1. The van der Waals surface area contributed by atoms with Crippen LogP contribution in [0.25, 0.3) is 0 Å². The summed E-state index contributed by atoms with van der Waals surface area (Å²) in [6, 6.07) is 14.6. The fourth-order valence-corrected chi connectivity index (χ4v) is 4.12. The minimum Gasteiger partial charge on any atom is -0.445 e. The van der Waals surface area contributed by atoms with Gasteiger partial charge < -0.3 is 14.8 Å². The number of rotatable bonds is 7. The van der Waals surface area contributed by atoms with Gasteiger partial charge in [0.25, 0.3) is 0 Å². The number of hydrogen-bond acceptors (Lipinski definition) is 4. The molecule has 0 radical (unpaired) electrons. The summed E-state index contributed by atoms with van der Waals surface area (Å²) < 4.78 is 19.5. The van der Waals surface area contributed by atoms with E-state index in [4.69, 9.17) is 4.74 Å². The van der Waals surface area contributed by atoms with Crippen LogP contribution in [0.1, 0.15) is 43.9 Å². The molecule has 0 aliphatic carbocycles. The highest BCUT2D eigenvalue weighted by Crippen LogP contribution is 2.44. The van der Waals surface area contributed by atoms with Crippen LogP contribution in [0, 0.1) is 11.2 Å². The van der Waals surface area contributed by atoms with Gasteiger partial charge in [-0.2, -0.15) is 0 Å². The Morgan fingerprint density at radius 3 is 2.58 bits per heavy atom. The van der Waals surface area contributed by atoms with Crippen LogP contribution < -0.4 is 5.32 Å². The van der Waals surface area contributed by atoms with Crippen molar-refractivity contribution in [3.63, 3.8) is 0 Å². The van der Waals surface area contributed by atoms with E-state index in [9.17, 15) is 18.8 Å². The number of amides is 2. The quantitative estimate of drug-likeness (QED) is 0.679. The van der Waals surface area contributed by atoms with Gasteiger partial charge in [-0.05, 0) is 49.9 Å². The Bertz CT molecular complexity index is 932. The van der Waals surface area contributed by atoms with Gasteiger partial charge in [0.05, 0.1) is 18.0 Å². The molecule has 1 aliphatic heterocycles. The number of likely N-dealkylation sites (tertiary alicyclic amines) is 1. The molecular weight excluding hydrogens is 399 g/mol. The predicted molar refractivity (Wildman–Crippen MR) is 113 cm³/mol. The molecule has 1 heterocycles. The lowest BCUT2D eigenvalue weighted by Crippen LogP contribution is -2.52. The maximum Gasteiger partial charge on any atom is 0.410 e. The summed E-state index contributed by atoms with van der Waals surface area (Å²) >= 11 is 0. The van der Waals surface area contributed by atoms with Crippen molar-refractivity contribution in [3.8, 4) is 0 Å². The van der Waals surface area contributed by atoms with Gasteiger partial charge in [-0.1, -0.05) is 42.5 Å². The van der Waals surface area contributed by atoms with Crippen LogP contribution >= 0.6 is 0 Å². The van der Waals surface area contributed by atoms with Crippen molar-refractivity contribution in [1.29, 1.82) is 0 Å². The van der Waals surface area contributed by atoms with Gasteiger partial charge in [0.2, 0.25) is 5.91 Å².